The Labute approximate surface area is 126 Å². The Hall–Kier alpha value is -2.12. The third-order valence-electron chi connectivity index (χ3n) is 3.31. The second-order valence-corrected chi connectivity index (χ2v) is 4.97. The fraction of sp³-hybridized carbons (Fsp3) is 0.500. The Kier molecular flexibility index (Phi) is 4.99. The molecule has 2 aromatic rings. The molecule has 22 heavy (non-hydrogen) atoms. The van der Waals surface area contributed by atoms with Gasteiger partial charge < -0.3 is 5.32 Å². The highest BCUT2D eigenvalue weighted by atomic mass is 19.4. The van der Waals surface area contributed by atoms with Gasteiger partial charge in [0.05, 0.1) is 11.7 Å². The molecule has 0 aliphatic carbocycles. The number of alkyl halides is 3. The summed E-state index contributed by atoms with van der Waals surface area (Å²) in [5, 5.41) is 7.26. The number of aryl methyl sites for hydroxylation is 2. The molecule has 2 aromatic heterocycles. The van der Waals surface area contributed by atoms with E-state index in [1.807, 2.05) is 20.0 Å². The van der Waals surface area contributed by atoms with Crippen molar-refractivity contribution in [2.75, 3.05) is 5.32 Å². The minimum Gasteiger partial charge on any atom is -0.346 e. The number of hydrogen-bond donors (Lipinski definition) is 1. The Balaban J connectivity index is 2.07. The van der Waals surface area contributed by atoms with Gasteiger partial charge in [-0.15, -0.1) is 0 Å². The van der Waals surface area contributed by atoms with E-state index in [-0.39, 0.29) is 12.5 Å². The van der Waals surface area contributed by atoms with Crippen molar-refractivity contribution in [3.8, 4) is 0 Å². The normalized spacial score (nSPS) is 13.1. The standard InChI is InChI=1S/C14H18F3N5/c1-3-11(12-6-9-19-22(12)2)21-13-18-8-5-10(20-13)4-7-14(15,16)17/h5-6,8-9,11H,3-4,7H2,1-2H3,(H,18,20,21)/t11-/m1/s1. The summed E-state index contributed by atoms with van der Waals surface area (Å²) in [6, 6.07) is 3.33. The summed E-state index contributed by atoms with van der Waals surface area (Å²) >= 11 is 0. The van der Waals surface area contributed by atoms with Gasteiger partial charge in [-0.25, -0.2) is 9.97 Å². The van der Waals surface area contributed by atoms with Crippen molar-refractivity contribution >= 4 is 5.95 Å². The second kappa shape index (κ2) is 6.76. The zero-order valence-electron chi connectivity index (χ0n) is 12.4. The third kappa shape index (κ3) is 4.44. The van der Waals surface area contributed by atoms with E-state index in [2.05, 4.69) is 20.4 Å². The van der Waals surface area contributed by atoms with E-state index < -0.39 is 12.6 Å². The van der Waals surface area contributed by atoms with Crippen LogP contribution in [0.3, 0.4) is 0 Å². The lowest BCUT2D eigenvalue weighted by molar-refractivity contribution is -0.134. The number of nitrogens with zero attached hydrogens (tertiary/aromatic N) is 4. The number of aromatic nitrogens is 4. The highest BCUT2D eigenvalue weighted by Crippen LogP contribution is 2.23. The number of nitrogens with one attached hydrogen (secondary N) is 1. The summed E-state index contributed by atoms with van der Waals surface area (Å²) < 4.78 is 38.5. The molecule has 0 aromatic carbocycles. The summed E-state index contributed by atoms with van der Waals surface area (Å²) in [5.74, 6) is 0.327. The van der Waals surface area contributed by atoms with E-state index in [1.165, 1.54) is 12.3 Å². The van der Waals surface area contributed by atoms with Crippen molar-refractivity contribution in [1.29, 1.82) is 0 Å². The van der Waals surface area contributed by atoms with Crippen LogP contribution in [0, 0.1) is 0 Å². The van der Waals surface area contributed by atoms with Gasteiger partial charge in [-0.3, -0.25) is 4.68 Å². The molecule has 120 valence electrons. The molecule has 8 heteroatoms. The predicted octanol–water partition coefficient (Wildman–Crippen LogP) is 3.27. The zero-order valence-corrected chi connectivity index (χ0v) is 12.4. The molecule has 0 saturated heterocycles. The van der Waals surface area contributed by atoms with Crippen molar-refractivity contribution in [1.82, 2.24) is 19.7 Å². The lowest BCUT2D eigenvalue weighted by Crippen LogP contribution is -2.16. The first-order chi connectivity index (χ1) is 10.4. The minimum atomic E-state index is -4.18. The van der Waals surface area contributed by atoms with Crippen molar-refractivity contribution < 1.29 is 13.2 Å². The third-order valence-corrected chi connectivity index (χ3v) is 3.31. The van der Waals surface area contributed by atoms with Gasteiger partial charge >= 0.3 is 6.18 Å². The molecular weight excluding hydrogens is 295 g/mol. The number of rotatable bonds is 6. The van der Waals surface area contributed by atoms with Crippen LogP contribution in [0.1, 0.15) is 37.2 Å². The molecule has 0 unspecified atom stereocenters. The van der Waals surface area contributed by atoms with Gasteiger partial charge in [-0.05, 0) is 25.0 Å². The van der Waals surface area contributed by atoms with E-state index in [0.717, 1.165) is 12.1 Å². The molecule has 0 amide bonds. The molecule has 0 aliphatic heterocycles. The highest BCUT2D eigenvalue weighted by molar-refractivity contribution is 5.30. The first-order valence-corrected chi connectivity index (χ1v) is 7.02. The van der Waals surface area contributed by atoms with Crippen LogP contribution in [-0.2, 0) is 13.5 Å². The van der Waals surface area contributed by atoms with Crippen LogP contribution >= 0.6 is 0 Å². The average molecular weight is 313 g/mol. The van der Waals surface area contributed by atoms with Crippen LogP contribution in [0.2, 0.25) is 0 Å². The van der Waals surface area contributed by atoms with Gasteiger partial charge in [0.15, 0.2) is 0 Å². The van der Waals surface area contributed by atoms with E-state index in [1.54, 1.807) is 10.9 Å². The van der Waals surface area contributed by atoms with Crippen molar-refractivity contribution in [3.63, 3.8) is 0 Å². The van der Waals surface area contributed by atoms with Crippen LogP contribution in [0.25, 0.3) is 0 Å². The first kappa shape index (κ1) is 16.3. The molecule has 0 aliphatic rings. The maximum Gasteiger partial charge on any atom is 0.389 e. The van der Waals surface area contributed by atoms with Crippen LogP contribution in [-0.4, -0.2) is 25.9 Å². The van der Waals surface area contributed by atoms with E-state index in [4.69, 9.17) is 0 Å². The maximum atomic E-state index is 12.3. The Morgan fingerprint density at radius 2 is 2.05 bits per heavy atom. The van der Waals surface area contributed by atoms with Gasteiger partial charge in [-0.2, -0.15) is 18.3 Å². The first-order valence-electron chi connectivity index (χ1n) is 7.02. The molecule has 5 nitrogen and oxygen atoms in total. The number of anilines is 1. The largest absolute Gasteiger partial charge is 0.389 e. The topological polar surface area (TPSA) is 55.6 Å². The van der Waals surface area contributed by atoms with Crippen LogP contribution in [0.15, 0.2) is 24.5 Å². The molecule has 0 radical (unpaired) electrons. The smallest absolute Gasteiger partial charge is 0.346 e. The van der Waals surface area contributed by atoms with Crippen molar-refractivity contribution in [2.45, 2.75) is 38.4 Å². The fourth-order valence-corrected chi connectivity index (χ4v) is 2.14. The number of halogens is 3. The van der Waals surface area contributed by atoms with E-state index in [0.29, 0.717) is 11.6 Å². The highest BCUT2D eigenvalue weighted by Gasteiger charge is 2.26. The van der Waals surface area contributed by atoms with Crippen molar-refractivity contribution in [2.24, 2.45) is 7.05 Å². The SMILES string of the molecule is CC[C@@H](Nc1nccc(CCC(F)(F)F)n1)c1ccnn1C. The monoisotopic (exact) mass is 313 g/mol. The number of hydrogen-bond acceptors (Lipinski definition) is 4. The quantitative estimate of drug-likeness (QED) is 0.889. The Bertz CT molecular complexity index is 609. The molecule has 2 heterocycles. The van der Waals surface area contributed by atoms with Crippen LogP contribution < -0.4 is 5.32 Å². The van der Waals surface area contributed by atoms with Gasteiger partial charge in [-0.1, -0.05) is 6.92 Å². The zero-order chi connectivity index (χ0) is 16.2. The van der Waals surface area contributed by atoms with Gasteiger partial charge in [0.2, 0.25) is 5.95 Å². The molecule has 0 bridgehead atoms. The average Bonchev–Trinajstić information content (AvgIpc) is 2.88. The summed E-state index contributed by atoms with van der Waals surface area (Å²) in [6.07, 6.45) is -1.28. The second-order valence-electron chi connectivity index (χ2n) is 4.97. The van der Waals surface area contributed by atoms with Gasteiger partial charge in [0.25, 0.3) is 0 Å². The lowest BCUT2D eigenvalue weighted by atomic mass is 10.1. The minimum absolute atomic E-state index is 0.0506. The van der Waals surface area contributed by atoms with Crippen LogP contribution in [0.4, 0.5) is 19.1 Å². The molecule has 1 N–H and O–H groups in total. The van der Waals surface area contributed by atoms with Gasteiger partial charge in [0.1, 0.15) is 0 Å². The Morgan fingerprint density at radius 1 is 1.27 bits per heavy atom. The predicted molar refractivity (Wildman–Crippen MR) is 76.3 cm³/mol. The lowest BCUT2D eigenvalue weighted by Gasteiger charge is -2.17. The molecular formula is C14H18F3N5. The molecule has 1 atom stereocenters. The summed E-state index contributed by atoms with van der Waals surface area (Å²) in [4.78, 5) is 8.23. The van der Waals surface area contributed by atoms with Crippen molar-refractivity contribution in [3.05, 3.63) is 35.9 Å². The van der Waals surface area contributed by atoms with E-state index in [9.17, 15) is 13.2 Å². The van der Waals surface area contributed by atoms with Crippen LogP contribution in [0.5, 0.6) is 0 Å². The van der Waals surface area contributed by atoms with E-state index >= 15 is 0 Å². The molecule has 2 rings (SSSR count). The maximum absolute atomic E-state index is 12.3. The summed E-state index contributed by atoms with van der Waals surface area (Å²) in [7, 11) is 1.83. The molecule has 0 spiro atoms. The molecule has 0 fully saturated rings. The Morgan fingerprint density at radius 3 is 2.64 bits per heavy atom. The van der Waals surface area contributed by atoms with Gasteiger partial charge in [0, 0.05) is 31.6 Å². The fourth-order valence-electron chi connectivity index (χ4n) is 2.14. The molecule has 0 saturated carbocycles. The summed E-state index contributed by atoms with van der Waals surface area (Å²) in [5.41, 5.74) is 1.33. The summed E-state index contributed by atoms with van der Waals surface area (Å²) in [6.45, 7) is 2.00.